The largest absolute Gasteiger partial charge is 0.351 e. The summed E-state index contributed by atoms with van der Waals surface area (Å²) in [6.07, 6.45) is 1.88. The van der Waals surface area contributed by atoms with Crippen molar-refractivity contribution < 1.29 is 14.4 Å². The summed E-state index contributed by atoms with van der Waals surface area (Å²) in [6.45, 7) is 3.94. The molecule has 8 N–H and O–H groups in total. The number of carbonyl (C=O) groups excluding carboxylic acids is 3. The molecule has 1 rings (SSSR count). The van der Waals surface area contributed by atoms with Crippen LogP contribution >= 0.6 is 0 Å². The molecule has 0 saturated heterocycles. The normalized spacial score (nSPS) is 18.0. The summed E-state index contributed by atoms with van der Waals surface area (Å²) in [5.41, 5.74) is 15.3. The Kier molecular flexibility index (Phi) is 6.46. The fourth-order valence-electron chi connectivity index (χ4n) is 2.28. The van der Waals surface area contributed by atoms with Gasteiger partial charge in [0.15, 0.2) is 0 Å². The second-order valence-corrected chi connectivity index (χ2v) is 5.42. The third-order valence-corrected chi connectivity index (χ3v) is 3.53. The lowest BCUT2D eigenvalue weighted by molar-refractivity contribution is -0.144. The number of aliphatic imine (C=N–C) groups is 1. The average Bonchev–Trinajstić information content (AvgIpc) is 2.47. The third-order valence-electron chi connectivity index (χ3n) is 3.53. The summed E-state index contributed by atoms with van der Waals surface area (Å²) >= 11 is 0. The van der Waals surface area contributed by atoms with E-state index in [1.807, 2.05) is 6.92 Å². The molecule has 1 aliphatic heterocycles. The van der Waals surface area contributed by atoms with Gasteiger partial charge in [-0.15, -0.1) is 0 Å². The second kappa shape index (κ2) is 7.88. The van der Waals surface area contributed by atoms with Gasteiger partial charge in [-0.2, -0.15) is 0 Å². The lowest BCUT2D eigenvalue weighted by atomic mass is 10.0. The Morgan fingerprint density at radius 1 is 1.43 bits per heavy atom. The van der Waals surface area contributed by atoms with E-state index in [1.54, 1.807) is 6.92 Å². The number of primary amides is 1. The van der Waals surface area contributed by atoms with Crippen LogP contribution in [0.4, 0.5) is 4.79 Å². The number of hydrogen-bond donors (Lipinski definition) is 5. The highest BCUT2D eigenvalue weighted by Gasteiger charge is 2.39. The Labute approximate surface area is 134 Å². The average molecular weight is 327 g/mol. The summed E-state index contributed by atoms with van der Waals surface area (Å²) in [5, 5.41) is 4.57. The number of rotatable bonds is 6. The molecule has 0 spiro atoms. The lowest BCUT2D eigenvalue weighted by Gasteiger charge is -2.36. The van der Waals surface area contributed by atoms with Gasteiger partial charge in [-0.1, -0.05) is 19.8 Å². The van der Waals surface area contributed by atoms with E-state index >= 15 is 0 Å². The maximum Gasteiger partial charge on any atom is 0.318 e. The SMILES string of the molecule is CCCCC(N)(N)C(=O)N(CC)C1CN=C(NC(N)=O)NC1=O. The van der Waals surface area contributed by atoms with Gasteiger partial charge in [0.1, 0.15) is 11.7 Å². The molecule has 1 unspecified atom stereocenters. The topological polar surface area (TPSA) is 169 Å². The first-order valence-corrected chi connectivity index (χ1v) is 7.53. The zero-order valence-electron chi connectivity index (χ0n) is 13.5. The van der Waals surface area contributed by atoms with Gasteiger partial charge in [0.05, 0.1) is 6.54 Å². The number of unbranched alkanes of at least 4 members (excludes halogenated alkanes) is 1. The van der Waals surface area contributed by atoms with Gasteiger partial charge in [-0.25, -0.2) is 9.79 Å². The zero-order chi connectivity index (χ0) is 17.6. The summed E-state index contributed by atoms with van der Waals surface area (Å²) in [4.78, 5) is 40.8. The fraction of sp³-hybridized carbons (Fsp3) is 0.692. The highest BCUT2D eigenvalue weighted by atomic mass is 16.2. The third kappa shape index (κ3) is 4.89. The van der Waals surface area contributed by atoms with Gasteiger partial charge in [-0.3, -0.25) is 20.2 Å². The monoisotopic (exact) mass is 327 g/mol. The molecule has 0 aliphatic carbocycles. The molecule has 0 saturated carbocycles. The van der Waals surface area contributed by atoms with Crippen LogP contribution in [-0.2, 0) is 9.59 Å². The minimum atomic E-state index is -1.53. The molecule has 1 aliphatic rings. The standard InChI is InChI=1S/C13H25N7O3/c1-3-5-6-13(15,16)10(22)20(4-2)8-7-17-12(18-9(8)21)19-11(14)23/h8H,3-7,15-16H2,1-2H3,(H4,14,17,18,19,21,23). The first kappa shape index (κ1) is 18.8. The number of nitrogens with one attached hydrogen (secondary N) is 2. The van der Waals surface area contributed by atoms with Crippen molar-refractivity contribution in [2.45, 2.75) is 44.8 Å². The molecule has 0 fully saturated rings. The molecular weight excluding hydrogens is 302 g/mol. The highest BCUT2D eigenvalue weighted by molar-refractivity contribution is 6.07. The van der Waals surface area contributed by atoms with Crippen LogP contribution in [0.15, 0.2) is 4.99 Å². The molecule has 1 heterocycles. The molecule has 1 atom stereocenters. The van der Waals surface area contributed by atoms with Gasteiger partial charge >= 0.3 is 6.03 Å². The number of hydrogen-bond acceptors (Lipinski definition) is 6. The smallest absolute Gasteiger partial charge is 0.318 e. The van der Waals surface area contributed by atoms with E-state index < -0.39 is 29.6 Å². The lowest BCUT2D eigenvalue weighted by Crippen LogP contribution is -2.67. The molecule has 10 nitrogen and oxygen atoms in total. The van der Waals surface area contributed by atoms with E-state index in [0.29, 0.717) is 12.8 Å². The second-order valence-electron chi connectivity index (χ2n) is 5.42. The Bertz CT molecular complexity index is 504. The molecule has 0 bridgehead atoms. The van der Waals surface area contributed by atoms with Crippen molar-refractivity contribution in [1.82, 2.24) is 15.5 Å². The molecule has 0 aromatic heterocycles. The van der Waals surface area contributed by atoms with Crippen molar-refractivity contribution in [3.8, 4) is 0 Å². The Hall–Kier alpha value is -2.20. The van der Waals surface area contributed by atoms with Crippen LogP contribution in [0.3, 0.4) is 0 Å². The summed E-state index contributed by atoms with van der Waals surface area (Å²) in [7, 11) is 0. The highest BCUT2D eigenvalue weighted by Crippen LogP contribution is 2.13. The molecule has 23 heavy (non-hydrogen) atoms. The van der Waals surface area contributed by atoms with E-state index in [0.717, 1.165) is 6.42 Å². The Morgan fingerprint density at radius 3 is 2.57 bits per heavy atom. The van der Waals surface area contributed by atoms with Crippen LogP contribution in [0.25, 0.3) is 0 Å². The predicted octanol–water partition coefficient (Wildman–Crippen LogP) is -1.84. The molecule has 0 aromatic carbocycles. The van der Waals surface area contributed by atoms with E-state index in [-0.39, 0.29) is 19.0 Å². The van der Waals surface area contributed by atoms with Crippen LogP contribution in [0.2, 0.25) is 0 Å². The van der Waals surface area contributed by atoms with Gasteiger partial charge in [0.25, 0.3) is 11.8 Å². The van der Waals surface area contributed by atoms with Crippen LogP contribution in [-0.4, -0.2) is 53.5 Å². The number of amides is 4. The first-order chi connectivity index (χ1) is 10.7. The van der Waals surface area contributed by atoms with Crippen molar-refractivity contribution in [3.05, 3.63) is 0 Å². The van der Waals surface area contributed by atoms with E-state index in [9.17, 15) is 14.4 Å². The fourth-order valence-corrected chi connectivity index (χ4v) is 2.28. The zero-order valence-corrected chi connectivity index (χ0v) is 13.5. The van der Waals surface area contributed by atoms with Gasteiger partial charge in [0, 0.05) is 6.54 Å². The molecule has 10 heteroatoms. The number of likely N-dealkylation sites (N-methyl/N-ethyl adjacent to an activating group) is 1. The summed E-state index contributed by atoms with van der Waals surface area (Å²) in [5.74, 6) is -1.03. The number of urea groups is 1. The first-order valence-electron chi connectivity index (χ1n) is 7.53. The van der Waals surface area contributed by atoms with Crippen molar-refractivity contribution in [1.29, 1.82) is 0 Å². The maximum atomic E-state index is 12.6. The van der Waals surface area contributed by atoms with Crippen molar-refractivity contribution >= 4 is 23.8 Å². The Balaban J connectivity index is 2.86. The van der Waals surface area contributed by atoms with Crippen molar-refractivity contribution in [3.63, 3.8) is 0 Å². The number of nitrogens with zero attached hydrogens (tertiary/aromatic N) is 2. The van der Waals surface area contributed by atoms with Gasteiger partial charge in [-0.05, 0) is 13.3 Å². The minimum Gasteiger partial charge on any atom is -0.351 e. The number of nitrogens with two attached hydrogens (primary N) is 3. The molecular formula is C13H25N7O3. The van der Waals surface area contributed by atoms with Crippen LogP contribution < -0.4 is 27.8 Å². The van der Waals surface area contributed by atoms with Crippen LogP contribution in [0, 0.1) is 0 Å². The van der Waals surface area contributed by atoms with Gasteiger partial charge in [0.2, 0.25) is 5.96 Å². The van der Waals surface area contributed by atoms with E-state index in [4.69, 9.17) is 17.2 Å². The summed E-state index contributed by atoms with van der Waals surface area (Å²) < 4.78 is 0. The van der Waals surface area contributed by atoms with Crippen molar-refractivity contribution in [2.75, 3.05) is 13.1 Å². The number of guanidine groups is 1. The van der Waals surface area contributed by atoms with E-state index in [2.05, 4.69) is 15.6 Å². The predicted molar refractivity (Wildman–Crippen MR) is 85.0 cm³/mol. The number of carbonyl (C=O) groups is 3. The molecule has 130 valence electrons. The van der Waals surface area contributed by atoms with E-state index in [1.165, 1.54) is 4.90 Å². The van der Waals surface area contributed by atoms with Crippen molar-refractivity contribution in [2.24, 2.45) is 22.2 Å². The maximum absolute atomic E-state index is 12.6. The molecule has 0 aromatic rings. The quantitative estimate of drug-likeness (QED) is 0.360. The Morgan fingerprint density at radius 2 is 2.09 bits per heavy atom. The van der Waals surface area contributed by atoms with Crippen LogP contribution in [0.1, 0.15) is 33.1 Å². The molecule has 4 amide bonds. The summed E-state index contributed by atoms with van der Waals surface area (Å²) in [6, 6.07) is -1.67. The van der Waals surface area contributed by atoms with Crippen LogP contribution in [0.5, 0.6) is 0 Å². The van der Waals surface area contributed by atoms with Gasteiger partial charge < -0.3 is 22.1 Å². The minimum absolute atomic E-state index is 0.00904. The molecule has 0 radical (unpaired) electrons.